The summed E-state index contributed by atoms with van der Waals surface area (Å²) in [5, 5.41) is 0.619. The smallest absolute Gasteiger partial charge is 0.262 e. The first-order valence-electron chi connectivity index (χ1n) is 10.9. The Labute approximate surface area is 200 Å². The molecular formula is C23H26BrN5O2S. The molecule has 0 radical (unpaired) electrons. The first-order valence-corrected chi connectivity index (χ1v) is 12.1. The number of piperazine rings is 1. The van der Waals surface area contributed by atoms with Crippen LogP contribution in [0.25, 0.3) is 10.9 Å². The molecule has 1 saturated heterocycles. The van der Waals surface area contributed by atoms with Gasteiger partial charge in [0.15, 0.2) is 4.77 Å². The molecule has 4 rings (SSSR count). The van der Waals surface area contributed by atoms with Gasteiger partial charge in [-0.05, 0) is 55.4 Å². The zero-order valence-corrected chi connectivity index (χ0v) is 20.2. The number of hydrogen-bond acceptors (Lipinski definition) is 5. The van der Waals surface area contributed by atoms with Crippen molar-refractivity contribution in [3.05, 3.63) is 62.2 Å². The van der Waals surface area contributed by atoms with E-state index in [2.05, 4.69) is 30.8 Å². The first kappa shape index (κ1) is 22.7. The number of H-pyrrole nitrogens is 1. The molecule has 3 aromatic rings. The number of aromatic amines is 1. The highest BCUT2D eigenvalue weighted by atomic mass is 79.9. The molecule has 0 unspecified atom stereocenters. The third-order valence-electron chi connectivity index (χ3n) is 5.82. The van der Waals surface area contributed by atoms with Crippen molar-refractivity contribution in [2.75, 3.05) is 31.1 Å². The number of amides is 1. The average molecular weight is 516 g/mol. The number of benzene rings is 1. The molecule has 0 atom stereocenters. The lowest BCUT2D eigenvalue weighted by atomic mass is 10.1. The number of nitrogens with zero attached hydrogens (tertiary/aromatic N) is 4. The predicted octanol–water partition coefficient (Wildman–Crippen LogP) is 4.13. The summed E-state index contributed by atoms with van der Waals surface area (Å²) in [4.78, 5) is 37.0. The summed E-state index contributed by atoms with van der Waals surface area (Å²) < 4.78 is 2.91. The van der Waals surface area contributed by atoms with Gasteiger partial charge in [0.1, 0.15) is 5.82 Å². The summed E-state index contributed by atoms with van der Waals surface area (Å²) >= 11 is 8.79. The molecule has 1 amide bonds. The normalized spacial score (nSPS) is 14.2. The number of hydrogen-bond donors (Lipinski definition) is 1. The number of fused-ring (bicyclic) bond motifs is 1. The molecule has 1 aromatic carbocycles. The SMILES string of the molecule is O=C(CCCCCn1c(=S)[nH]c2ccc(Br)cc2c1=O)N1CCN(c2ccccn2)CC1. The molecule has 7 nitrogen and oxygen atoms in total. The summed E-state index contributed by atoms with van der Waals surface area (Å²) in [7, 11) is 0. The second-order valence-corrected chi connectivity index (χ2v) is 9.25. The summed E-state index contributed by atoms with van der Waals surface area (Å²) in [6.07, 6.45) is 4.82. The molecule has 1 aliphatic rings. The Balaban J connectivity index is 1.23. The minimum Gasteiger partial charge on any atom is -0.353 e. The highest BCUT2D eigenvalue weighted by molar-refractivity contribution is 9.10. The van der Waals surface area contributed by atoms with Gasteiger partial charge in [0.2, 0.25) is 5.91 Å². The van der Waals surface area contributed by atoms with Gasteiger partial charge in [-0.1, -0.05) is 28.4 Å². The van der Waals surface area contributed by atoms with Crippen LogP contribution in [0.5, 0.6) is 0 Å². The Morgan fingerprint density at radius 1 is 1.09 bits per heavy atom. The maximum Gasteiger partial charge on any atom is 0.262 e. The number of anilines is 1. The molecule has 168 valence electrons. The minimum absolute atomic E-state index is 0.0769. The van der Waals surface area contributed by atoms with Crippen molar-refractivity contribution < 1.29 is 4.79 Å². The van der Waals surface area contributed by atoms with Crippen LogP contribution in [0.3, 0.4) is 0 Å². The Morgan fingerprint density at radius 3 is 2.66 bits per heavy atom. The van der Waals surface area contributed by atoms with Gasteiger partial charge in [-0.15, -0.1) is 0 Å². The molecule has 1 fully saturated rings. The molecule has 9 heteroatoms. The topological polar surface area (TPSA) is 74.2 Å². The van der Waals surface area contributed by atoms with Crippen molar-refractivity contribution in [3.63, 3.8) is 0 Å². The zero-order chi connectivity index (χ0) is 22.5. The van der Waals surface area contributed by atoms with E-state index in [0.29, 0.717) is 23.1 Å². The number of carbonyl (C=O) groups excluding carboxylic acids is 1. The van der Waals surface area contributed by atoms with Crippen LogP contribution in [0.2, 0.25) is 0 Å². The quantitative estimate of drug-likeness (QED) is 0.378. The van der Waals surface area contributed by atoms with Crippen molar-refractivity contribution >= 4 is 50.8 Å². The summed E-state index contributed by atoms with van der Waals surface area (Å²) in [6.45, 7) is 3.62. The number of aromatic nitrogens is 3. The van der Waals surface area contributed by atoms with Crippen molar-refractivity contribution in [2.24, 2.45) is 0 Å². The van der Waals surface area contributed by atoms with Gasteiger partial charge >= 0.3 is 0 Å². The van der Waals surface area contributed by atoms with Crippen LogP contribution in [0.1, 0.15) is 25.7 Å². The highest BCUT2D eigenvalue weighted by Crippen LogP contribution is 2.16. The largest absolute Gasteiger partial charge is 0.353 e. The van der Waals surface area contributed by atoms with Crippen LogP contribution >= 0.6 is 28.1 Å². The molecule has 3 heterocycles. The van der Waals surface area contributed by atoms with Crippen LogP contribution in [-0.2, 0) is 11.3 Å². The maximum atomic E-state index is 12.8. The van der Waals surface area contributed by atoms with Gasteiger partial charge in [-0.25, -0.2) is 4.98 Å². The average Bonchev–Trinajstić information content (AvgIpc) is 2.82. The van der Waals surface area contributed by atoms with Crippen molar-refractivity contribution in [2.45, 2.75) is 32.2 Å². The molecule has 32 heavy (non-hydrogen) atoms. The van der Waals surface area contributed by atoms with Gasteiger partial charge in [0.25, 0.3) is 5.56 Å². The Kier molecular flexibility index (Phi) is 7.36. The van der Waals surface area contributed by atoms with E-state index < -0.39 is 0 Å². The van der Waals surface area contributed by atoms with E-state index in [0.717, 1.165) is 61.2 Å². The van der Waals surface area contributed by atoms with Crippen LogP contribution in [0.15, 0.2) is 51.9 Å². The minimum atomic E-state index is -0.0769. The lowest BCUT2D eigenvalue weighted by Crippen LogP contribution is -2.49. The standard InChI is InChI=1S/C23H26BrN5O2S/c24-17-8-9-19-18(16-17)22(31)29(23(32)26-19)11-5-1-2-7-21(30)28-14-12-27(13-15-28)20-6-3-4-10-25-20/h3-4,6,8-10,16H,1-2,5,7,11-15H2,(H,26,32). The molecule has 0 bridgehead atoms. The van der Waals surface area contributed by atoms with E-state index in [4.69, 9.17) is 12.2 Å². The van der Waals surface area contributed by atoms with E-state index in [1.165, 1.54) is 0 Å². The third-order valence-corrected chi connectivity index (χ3v) is 6.64. The number of carbonyl (C=O) groups is 1. The Hall–Kier alpha value is -2.52. The molecule has 0 aliphatic carbocycles. The first-order chi connectivity index (χ1) is 15.5. The molecule has 1 N–H and O–H groups in total. The van der Waals surface area contributed by atoms with Crippen LogP contribution in [0, 0.1) is 4.77 Å². The van der Waals surface area contributed by atoms with E-state index in [1.807, 2.05) is 41.3 Å². The molecule has 0 saturated carbocycles. The maximum absolute atomic E-state index is 12.8. The Morgan fingerprint density at radius 2 is 1.91 bits per heavy atom. The van der Waals surface area contributed by atoms with Gasteiger partial charge < -0.3 is 14.8 Å². The third kappa shape index (κ3) is 5.27. The summed E-state index contributed by atoms with van der Waals surface area (Å²) in [6, 6.07) is 11.4. The van der Waals surface area contributed by atoms with E-state index in [-0.39, 0.29) is 11.5 Å². The van der Waals surface area contributed by atoms with Crippen molar-refractivity contribution in [1.29, 1.82) is 0 Å². The molecule has 1 aliphatic heterocycles. The second-order valence-electron chi connectivity index (χ2n) is 7.94. The number of unbranched alkanes of at least 4 members (excludes halogenated alkanes) is 2. The van der Waals surface area contributed by atoms with E-state index in [9.17, 15) is 9.59 Å². The second kappa shape index (κ2) is 10.4. The lowest BCUT2D eigenvalue weighted by molar-refractivity contribution is -0.131. The Bertz CT molecular complexity index is 1200. The van der Waals surface area contributed by atoms with Crippen LogP contribution < -0.4 is 10.5 Å². The molecule has 0 spiro atoms. The predicted molar refractivity (Wildman–Crippen MR) is 133 cm³/mol. The lowest BCUT2D eigenvalue weighted by Gasteiger charge is -2.35. The fourth-order valence-corrected chi connectivity index (χ4v) is 4.68. The summed E-state index contributed by atoms with van der Waals surface area (Å²) in [5.41, 5.74) is 0.667. The molecular weight excluding hydrogens is 490 g/mol. The van der Waals surface area contributed by atoms with Crippen LogP contribution in [0.4, 0.5) is 5.82 Å². The number of rotatable bonds is 7. The number of halogens is 1. The van der Waals surface area contributed by atoms with Crippen molar-refractivity contribution in [3.8, 4) is 0 Å². The van der Waals surface area contributed by atoms with Crippen LogP contribution in [-0.4, -0.2) is 51.5 Å². The van der Waals surface area contributed by atoms with Gasteiger partial charge in [-0.2, -0.15) is 0 Å². The fourth-order valence-electron chi connectivity index (χ4n) is 4.03. The van der Waals surface area contributed by atoms with Gasteiger partial charge in [-0.3, -0.25) is 14.2 Å². The van der Waals surface area contributed by atoms with Gasteiger partial charge in [0, 0.05) is 49.8 Å². The zero-order valence-electron chi connectivity index (χ0n) is 17.8. The van der Waals surface area contributed by atoms with Crippen molar-refractivity contribution in [1.82, 2.24) is 19.4 Å². The van der Waals surface area contributed by atoms with E-state index >= 15 is 0 Å². The highest BCUT2D eigenvalue weighted by Gasteiger charge is 2.21. The fraction of sp³-hybridized carbons (Fsp3) is 0.391. The molecule has 2 aromatic heterocycles. The number of pyridine rings is 1. The summed E-state index contributed by atoms with van der Waals surface area (Å²) in [5.74, 6) is 1.17. The monoisotopic (exact) mass is 515 g/mol. The van der Waals surface area contributed by atoms with E-state index in [1.54, 1.807) is 10.8 Å². The van der Waals surface area contributed by atoms with Gasteiger partial charge in [0.05, 0.1) is 10.9 Å². The number of nitrogens with one attached hydrogen (secondary N) is 1.